The molecule has 0 spiro atoms. The summed E-state index contributed by atoms with van der Waals surface area (Å²) < 4.78 is 5.91. The first kappa shape index (κ1) is 13.7. The summed E-state index contributed by atoms with van der Waals surface area (Å²) in [5.41, 5.74) is 1.76. The highest BCUT2D eigenvalue weighted by molar-refractivity contribution is 5.99. The zero-order chi connectivity index (χ0) is 13.7. The van der Waals surface area contributed by atoms with E-state index in [0.717, 1.165) is 29.9 Å². The Balaban J connectivity index is 1.98. The molecule has 102 valence electrons. The van der Waals surface area contributed by atoms with E-state index in [1.165, 1.54) is 12.8 Å². The zero-order valence-electron chi connectivity index (χ0n) is 11.6. The molecular weight excluding hydrogens is 238 g/mol. The molecule has 19 heavy (non-hydrogen) atoms. The highest BCUT2D eigenvalue weighted by atomic mass is 16.5. The number of allylic oxidation sites excluding steroid dienone is 1. The van der Waals surface area contributed by atoms with Crippen LogP contribution in [0.4, 0.5) is 5.69 Å². The molecular formula is C16H21NO2. The van der Waals surface area contributed by atoms with E-state index in [-0.39, 0.29) is 5.91 Å². The molecule has 1 fully saturated rings. The molecule has 1 N–H and O–H groups in total. The van der Waals surface area contributed by atoms with Crippen LogP contribution in [0, 0.1) is 0 Å². The molecule has 0 heterocycles. The second kappa shape index (κ2) is 6.41. The number of carbonyl (C=O) groups is 1. The predicted octanol–water partition coefficient (Wildman–Crippen LogP) is 3.91. The van der Waals surface area contributed by atoms with E-state index < -0.39 is 0 Å². The minimum Gasteiger partial charge on any atom is -0.490 e. The smallest absolute Gasteiger partial charge is 0.248 e. The van der Waals surface area contributed by atoms with Crippen molar-refractivity contribution >= 4 is 11.6 Å². The molecule has 3 heteroatoms. The van der Waals surface area contributed by atoms with Crippen molar-refractivity contribution in [3.63, 3.8) is 0 Å². The Morgan fingerprint density at radius 1 is 1.32 bits per heavy atom. The van der Waals surface area contributed by atoms with Gasteiger partial charge in [0.1, 0.15) is 5.75 Å². The van der Waals surface area contributed by atoms with Crippen LogP contribution in [-0.4, -0.2) is 12.0 Å². The van der Waals surface area contributed by atoms with Crippen LogP contribution in [0.5, 0.6) is 5.75 Å². The van der Waals surface area contributed by atoms with E-state index in [1.54, 1.807) is 6.08 Å². The van der Waals surface area contributed by atoms with Crippen LogP contribution in [0.25, 0.3) is 0 Å². The largest absolute Gasteiger partial charge is 0.490 e. The lowest BCUT2D eigenvalue weighted by atomic mass is 10.2. The summed E-state index contributed by atoms with van der Waals surface area (Å²) in [5, 5.41) is 2.84. The highest BCUT2D eigenvalue weighted by Crippen LogP contribution is 2.25. The molecule has 1 aliphatic carbocycles. The van der Waals surface area contributed by atoms with Gasteiger partial charge in [-0.1, -0.05) is 11.6 Å². The Labute approximate surface area is 114 Å². The van der Waals surface area contributed by atoms with Gasteiger partial charge in [0.15, 0.2) is 0 Å². The minimum absolute atomic E-state index is 0.0991. The lowest BCUT2D eigenvalue weighted by Crippen LogP contribution is -2.12. The van der Waals surface area contributed by atoms with Gasteiger partial charge in [-0.3, -0.25) is 4.79 Å². The molecule has 1 amide bonds. The topological polar surface area (TPSA) is 38.3 Å². The molecule has 0 radical (unpaired) electrons. The zero-order valence-corrected chi connectivity index (χ0v) is 11.6. The molecule has 1 aliphatic rings. The first-order valence-electron chi connectivity index (χ1n) is 6.86. The molecule has 0 unspecified atom stereocenters. The summed E-state index contributed by atoms with van der Waals surface area (Å²) in [4.78, 5) is 11.7. The minimum atomic E-state index is -0.0991. The van der Waals surface area contributed by atoms with Gasteiger partial charge in [-0.15, -0.1) is 0 Å². The number of carbonyl (C=O) groups excluding carboxylic acids is 1. The summed E-state index contributed by atoms with van der Waals surface area (Å²) in [7, 11) is 0. The van der Waals surface area contributed by atoms with Gasteiger partial charge in [0.05, 0.1) is 6.10 Å². The van der Waals surface area contributed by atoms with E-state index >= 15 is 0 Å². The molecule has 0 bridgehead atoms. The van der Waals surface area contributed by atoms with Crippen LogP contribution < -0.4 is 10.1 Å². The summed E-state index contributed by atoms with van der Waals surface area (Å²) >= 11 is 0. The van der Waals surface area contributed by atoms with Crippen LogP contribution in [0.1, 0.15) is 39.5 Å². The maximum Gasteiger partial charge on any atom is 0.248 e. The first-order chi connectivity index (χ1) is 9.13. The molecule has 0 saturated heterocycles. The molecule has 1 aromatic rings. The first-order valence-corrected chi connectivity index (χ1v) is 6.86. The molecule has 3 nitrogen and oxygen atoms in total. The molecule has 1 aromatic carbocycles. The Morgan fingerprint density at radius 2 is 2.05 bits per heavy atom. The SMILES string of the molecule is CC(C)=CC(=O)Nc1cccc(OC2CCCC2)c1. The van der Waals surface area contributed by atoms with Gasteiger partial charge in [0, 0.05) is 17.8 Å². The fourth-order valence-corrected chi connectivity index (χ4v) is 2.29. The lowest BCUT2D eigenvalue weighted by Gasteiger charge is -2.13. The average molecular weight is 259 g/mol. The van der Waals surface area contributed by atoms with Gasteiger partial charge in [-0.25, -0.2) is 0 Å². The quantitative estimate of drug-likeness (QED) is 0.832. The highest BCUT2D eigenvalue weighted by Gasteiger charge is 2.16. The molecule has 1 saturated carbocycles. The number of amides is 1. The average Bonchev–Trinajstić information content (AvgIpc) is 2.81. The molecule has 0 aromatic heterocycles. The second-order valence-electron chi connectivity index (χ2n) is 5.26. The Hall–Kier alpha value is -1.77. The van der Waals surface area contributed by atoms with Crippen LogP contribution in [0.15, 0.2) is 35.9 Å². The maximum atomic E-state index is 11.7. The van der Waals surface area contributed by atoms with E-state index in [9.17, 15) is 4.79 Å². The van der Waals surface area contributed by atoms with Crippen molar-refractivity contribution in [1.29, 1.82) is 0 Å². The lowest BCUT2D eigenvalue weighted by molar-refractivity contribution is -0.111. The van der Waals surface area contributed by atoms with Gasteiger partial charge >= 0.3 is 0 Å². The van der Waals surface area contributed by atoms with Crippen molar-refractivity contribution in [3.8, 4) is 5.75 Å². The summed E-state index contributed by atoms with van der Waals surface area (Å²) in [6.07, 6.45) is 6.69. The fraction of sp³-hybridized carbons (Fsp3) is 0.438. The monoisotopic (exact) mass is 259 g/mol. The van der Waals surface area contributed by atoms with Gasteiger partial charge in [-0.05, 0) is 51.7 Å². The van der Waals surface area contributed by atoms with Crippen molar-refractivity contribution in [2.45, 2.75) is 45.6 Å². The summed E-state index contributed by atoms with van der Waals surface area (Å²) in [6, 6.07) is 7.60. The van der Waals surface area contributed by atoms with E-state index in [1.807, 2.05) is 38.1 Å². The van der Waals surface area contributed by atoms with Crippen LogP contribution in [-0.2, 0) is 4.79 Å². The standard InChI is InChI=1S/C16H21NO2/c1-12(2)10-16(18)17-13-6-5-9-15(11-13)19-14-7-3-4-8-14/h5-6,9-11,14H,3-4,7-8H2,1-2H3,(H,17,18). The predicted molar refractivity (Wildman–Crippen MR) is 77.4 cm³/mol. The normalized spacial score (nSPS) is 15.1. The summed E-state index contributed by atoms with van der Waals surface area (Å²) in [5.74, 6) is 0.736. The van der Waals surface area contributed by atoms with Gasteiger partial charge in [-0.2, -0.15) is 0 Å². The number of hydrogen-bond acceptors (Lipinski definition) is 2. The van der Waals surface area contributed by atoms with Gasteiger partial charge < -0.3 is 10.1 Å². The number of hydrogen-bond donors (Lipinski definition) is 1. The third kappa shape index (κ3) is 4.43. The second-order valence-corrected chi connectivity index (χ2v) is 5.26. The van der Waals surface area contributed by atoms with E-state index in [4.69, 9.17) is 4.74 Å². The van der Waals surface area contributed by atoms with Crippen LogP contribution in [0.2, 0.25) is 0 Å². The van der Waals surface area contributed by atoms with Crippen LogP contribution >= 0.6 is 0 Å². The van der Waals surface area contributed by atoms with E-state index in [0.29, 0.717) is 6.10 Å². The van der Waals surface area contributed by atoms with Crippen molar-refractivity contribution in [2.24, 2.45) is 0 Å². The summed E-state index contributed by atoms with van der Waals surface area (Å²) in [6.45, 7) is 3.80. The Kier molecular flexibility index (Phi) is 4.61. The third-order valence-electron chi connectivity index (χ3n) is 3.13. The number of ether oxygens (including phenoxy) is 1. The third-order valence-corrected chi connectivity index (χ3v) is 3.13. The van der Waals surface area contributed by atoms with Crippen molar-refractivity contribution in [2.75, 3.05) is 5.32 Å². The number of anilines is 1. The number of benzene rings is 1. The van der Waals surface area contributed by atoms with Crippen molar-refractivity contribution in [1.82, 2.24) is 0 Å². The fourth-order valence-electron chi connectivity index (χ4n) is 2.29. The van der Waals surface area contributed by atoms with Gasteiger partial charge in [0.25, 0.3) is 0 Å². The number of rotatable bonds is 4. The van der Waals surface area contributed by atoms with Gasteiger partial charge in [0.2, 0.25) is 5.91 Å². The van der Waals surface area contributed by atoms with Crippen LogP contribution in [0.3, 0.4) is 0 Å². The molecule has 2 rings (SSSR count). The molecule has 0 aliphatic heterocycles. The molecule has 0 atom stereocenters. The maximum absolute atomic E-state index is 11.7. The Morgan fingerprint density at radius 3 is 2.74 bits per heavy atom. The van der Waals surface area contributed by atoms with Crippen molar-refractivity contribution < 1.29 is 9.53 Å². The van der Waals surface area contributed by atoms with E-state index in [2.05, 4.69) is 5.32 Å². The number of nitrogens with one attached hydrogen (secondary N) is 1. The van der Waals surface area contributed by atoms with Crippen molar-refractivity contribution in [3.05, 3.63) is 35.9 Å². The Bertz CT molecular complexity index is 469.